The summed E-state index contributed by atoms with van der Waals surface area (Å²) in [6.07, 6.45) is 2.64. The number of hydrogen-bond acceptors (Lipinski definition) is 4. The molecule has 0 aliphatic carbocycles. The largest absolute Gasteiger partial charge is 0.454 e. The smallest absolute Gasteiger partial charge is 0.238 e. The fourth-order valence-corrected chi connectivity index (χ4v) is 3.70. The van der Waals surface area contributed by atoms with Crippen molar-refractivity contribution in [2.75, 3.05) is 12.1 Å². The highest BCUT2D eigenvalue weighted by Gasteiger charge is 2.24. The second-order valence-electron chi connectivity index (χ2n) is 5.53. The van der Waals surface area contributed by atoms with Crippen molar-refractivity contribution in [3.05, 3.63) is 58.0 Å². The monoisotopic (exact) mass is 359 g/mol. The third kappa shape index (κ3) is 3.09. The third-order valence-electron chi connectivity index (χ3n) is 3.93. The van der Waals surface area contributed by atoms with Gasteiger partial charge in [0.05, 0.1) is 5.25 Å². The lowest BCUT2D eigenvalue weighted by molar-refractivity contribution is -0.115. The molecule has 6 heteroatoms. The SMILES string of the molecule is O=C(Nc1ccc(Cl)cc1)C1Cc2cc3c(cc2C=CS1)OCO3. The van der Waals surface area contributed by atoms with Crippen molar-refractivity contribution >= 4 is 41.0 Å². The molecule has 0 saturated carbocycles. The summed E-state index contributed by atoms with van der Waals surface area (Å²) in [5.74, 6) is 1.47. The van der Waals surface area contributed by atoms with E-state index in [2.05, 4.69) is 5.32 Å². The fourth-order valence-electron chi connectivity index (χ4n) is 2.70. The number of anilines is 1. The zero-order chi connectivity index (χ0) is 16.5. The van der Waals surface area contributed by atoms with Crippen molar-refractivity contribution in [3.63, 3.8) is 0 Å². The fraction of sp³-hybridized carbons (Fsp3) is 0.167. The molecule has 2 aliphatic rings. The van der Waals surface area contributed by atoms with Gasteiger partial charge in [-0.1, -0.05) is 11.6 Å². The molecule has 0 aromatic heterocycles. The molecule has 0 spiro atoms. The van der Waals surface area contributed by atoms with Crippen LogP contribution in [0.4, 0.5) is 5.69 Å². The summed E-state index contributed by atoms with van der Waals surface area (Å²) in [4.78, 5) is 12.6. The zero-order valence-electron chi connectivity index (χ0n) is 12.6. The molecule has 0 fully saturated rings. The summed E-state index contributed by atoms with van der Waals surface area (Å²) < 4.78 is 10.9. The molecule has 2 heterocycles. The molecule has 1 unspecified atom stereocenters. The highest BCUT2D eigenvalue weighted by molar-refractivity contribution is 8.03. The van der Waals surface area contributed by atoms with Crippen molar-refractivity contribution in [2.24, 2.45) is 0 Å². The Bertz CT molecular complexity index is 820. The van der Waals surface area contributed by atoms with Crippen LogP contribution in [0.1, 0.15) is 11.1 Å². The average Bonchev–Trinajstić information content (AvgIpc) is 2.92. The van der Waals surface area contributed by atoms with E-state index in [1.165, 1.54) is 11.8 Å². The number of carbonyl (C=O) groups is 1. The third-order valence-corrected chi connectivity index (χ3v) is 5.19. The van der Waals surface area contributed by atoms with Gasteiger partial charge in [-0.25, -0.2) is 0 Å². The highest BCUT2D eigenvalue weighted by atomic mass is 35.5. The van der Waals surface area contributed by atoms with Gasteiger partial charge in [-0.2, -0.15) is 0 Å². The first kappa shape index (κ1) is 15.4. The van der Waals surface area contributed by atoms with E-state index in [0.717, 1.165) is 28.3 Å². The van der Waals surface area contributed by atoms with Crippen LogP contribution in [-0.4, -0.2) is 18.0 Å². The van der Waals surface area contributed by atoms with Gasteiger partial charge < -0.3 is 14.8 Å². The standard InChI is InChI=1S/C18H14ClNO3S/c19-13-1-3-14(4-2-13)20-18(21)17-9-12-8-16-15(22-10-23-16)7-11(12)5-6-24-17/h1-8,17H,9-10H2,(H,20,21). The Morgan fingerprint density at radius 2 is 1.92 bits per heavy atom. The first-order valence-electron chi connectivity index (χ1n) is 7.50. The zero-order valence-corrected chi connectivity index (χ0v) is 14.2. The van der Waals surface area contributed by atoms with Gasteiger partial charge in [0.15, 0.2) is 11.5 Å². The quantitative estimate of drug-likeness (QED) is 0.866. The van der Waals surface area contributed by atoms with Crippen molar-refractivity contribution in [3.8, 4) is 11.5 Å². The maximum absolute atomic E-state index is 12.6. The topological polar surface area (TPSA) is 47.6 Å². The van der Waals surface area contributed by atoms with Gasteiger partial charge in [0.1, 0.15) is 0 Å². The molecule has 4 nitrogen and oxygen atoms in total. The summed E-state index contributed by atoms with van der Waals surface area (Å²) >= 11 is 7.38. The number of thioether (sulfide) groups is 1. The number of ether oxygens (including phenoxy) is 2. The number of hydrogen-bond donors (Lipinski definition) is 1. The van der Waals surface area contributed by atoms with Crippen molar-refractivity contribution in [1.29, 1.82) is 0 Å². The molecule has 24 heavy (non-hydrogen) atoms. The summed E-state index contributed by atoms with van der Waals surface area (Å²) in [6, 6.07) is 11.0. The van der Waals surface area contributed by atoms with E-state index in [1.54, 1.807) is 24.3 Å². The maximum Gasteiger partial charge on any atom is 0.238 e. The van der Waals surface area contributed by atoms with E-state index >= 15 is 0 Å². The Labute approximate surface area is 148 Å². The van der Waals surface area contributed by atoms with Crippen molar-refractivity contribution in [2.45, 2.75) is 11.7 Å². The van der Waals surface area contributed by atoms with Crippen LogP contribution in [0.2, 0.25) is 5.02 Å². The van der Waals surface area contributed by atoms with Gasteiger partial charge in [0.25, 0.3) is 0 Å². The maximum atomic E-state index is 12.6. The molecule has 1 atom stereocenters. The summed E-state index contributed by atoms with van der Waals surface area (Å²) in [5.41, 5.74) is 2.88. The minimum absolute atomic E-state index is 0.0301. The number of fused-ring (bicyclic) bond motifs is 2. The van der Waals surface area contributed by atoms with Crippen LogP contribution in [0.25, 0.3) is 6.08 Å². The van der Waals surface area contributed by atoms with Gasteiger partial charge in [0.2, 0.25) is 12.7 Å². The van der Waals surface area contributed by atoms with Gasteiger partial charge in [-0.05, 0) is 65.4 Å². The van der Waals surface area contributed by atoms with Crippen LogP contribution in [0.3, 0.4) is 0 Å². The predicted octanol–water partition coefficient (Wildman–Crippen LogP) is 4.34. The molecule has 2 aromatic carbocycles. The lowest BCUT2D eigenvalue weighted by atomic mass is 10.0. The van der Waals surface area contributed by atoms with E-state index in [4.69, 9.17) is 21.1 Å². The molecule has 0 saturated heterocycles. The molecule has 2 aromatic rings. The Kier molecular flexibility index (Phi) is 4.12. The van der Waals surface area contributed by atoms with Crippen LogP contribution in [-0.2, 0) is 11.2 Å². The minimum Gasteiger partial charge on any atom is -0.454 e. The van der Waals surface area contributed by atoms with E-state index in [-0.39, 0.29) is 18.0 Å². The second kappa shape index (κ2) is 6.42. The molecule has 2 aliphatic heterocycles. The number of rotatable bonds is 2. The molecular weight excluding hydrogens is 346 g/mol. The normalized spacial score (nSPS) is 18.0. The minimum atomic E-state index is -0.210. The van der Waals surface area contributed by atoms with E-state index in [0.29, 0.717) is 11.4 Å². The van der Waals surface area contributed by atoms with Gasteiger partial charge in [-0.15, -0.1) is 11.8 Å². The number of nitrogens with one attached hydrogen (secondary N) is 1. The molecule has 122 valence electrons. The average molecular weight is 360 g/mol. The Balaban J connectivity index is 1.54. The van der Waals surface area contributed by atoms with Crippen LogP contribution in [0, 0.1) is 0 Å². The molecule has 0 radical (unpaired) electrons. The number of benzene rings is 2. The van der Waals surface area contributed by atoms with Crippen LogP contribution < -0.4 is 14.8 Å². The molecule has 1 amide bonds. The molecule has 4 rings (SSSR count). The van der Waals surface area contributed by atoms with Crippen LogP contribution >= 0.6 is 23.4 Å². The number of amides is 1. The van der Waals surface area contributed by atoms with Crippen molar-refractivity contribution in [1.82, 2.24) is 0 Å². The van der Waals surface area contributed by atoms with Crippen molar-refractivity contribution < 1.29 is 14.3 Å². The molecule has 0 bridgehead atoms. The first-order valence-corrected chi connectivity index (χ1v) is 8.82. The lowest BCUT2D eigenvalue weighted by Gasteiger charge is -2.15. The van der Waals surface area contributed by atoms with E-state index < -0.39 is 0 Å². The molecular formula is C18H14ClNO3S. The second-order valence-corrected chi connectivity index (χ2v) is 7.08. The lowest BCUT2D eigenvalue weighted by Crippen LogP contribution is -2.26. The van der Waals surface area contributed by atoms with Gasteiger partial charge >= 0.3 is 0 Å². The Hall–Kier alpha value is -2.11. The van der Waals surface area contributed by atoms with Gasteiger partial charge in [0, 0.05) is 10.7 Å². The Morgan fingerprint density at radius 1 is 1.17 bits per heavy atom. The first-order chi connectivity index (χ1) is 11.7. The van der Waals surface area contributed by atoms with E-state index in [1.807, 2.05) is 23.6 Å². The summed E-state index contributed by atoms with van der Waals surface area (Å²) in [5, 5.41) is 5.33. The Morgan fingerprint density at radius 3 is 2.71 bits per heavy atom. The number of halogens is 1. The molecule has 1 N–H and O–H groups in total. The number of carbonyl (C=O) groups excluding carboxylic acids is 1. The van der Waals surface area contributed by atoms with Crippen LogP contribution in [0.5, 0.6) is 11.5 Å². The van der Waals surface area contributed by atoms with Gasteiger partial charge in [-0.3, -0.25) is 4.79 Å². The summed E-state index contributed by atoms with van der Waals surface area (Å²) in [7, 11) is 0. The highest BCUT2D eigenvalue weighted by Crippen LogP contribution is 2.38. The predicted molar refractivity (Wildman–Crippen MR) is 96.8 cm³/mol. The van der Waals surface area contributed by atoms with E-state index in [9.17, 15) is 4.79 Å². The van der Waals surface area contributed by atoms with Crippen LogP contribution in [0.15, 0.2) is 41.8 Å². The summed E-state index contributed by atoms with van der Waals surface area (Å²) in [6.45, 7) is 0.247.